The summed E-state index contributed by atoms with van der Waals surface area (Å²) in [7, 11) is 0. The summed E-state index contributed by atoms with van der Waals surface area (Å²) in [5.74, 6) is -1.46. The normalized spacial score (nSPS) is 14.0. The van der Waals surface area contributed by atoms with Crippen LogP contribution in [0.1, 0.15) is 47.7 Å². The average molecular weight is 756 g/mol. The first-order chi connectivity index (χ1) is 26.8. The number of ether oxygens (including phenoxy) is 2. The zero-order valence-electron chi connectivity index (χ0n) is 30.7. The van der Waals surface area contributed by atoms with Crippen LogP contribution in [0, 0.1) is 5.82 Å². The highest BCUT2D eigenvalue weighted by Gasteiger charge is 2.35. The molecule has 0 radical (unpaired) electrons. The molecule has 0 aromatic heterocycles. The van der Waals surface area contributed by atoms with E-state index in [1.54, 1.807) is 67.6 Å². The van der Waals surface area contributed by atoms with E-state index in [9.17, 15) is 18.8 Å². The SMILES string of the molecule is C=C/C=C\C(=C/C)N1C(=O)/C(=C/c2cc(CC=C)c(OCc3ccccc3F)c(OCC)c2)C(=O)N=C1SCC(=O)NC(c1ccccc1)c1ccccc1. The predicted molar refractivity (Wildman–Crippen MR) is 218 cm³/mol. The molecule has 1 aliphatic rings. The van der Waals surface area contributed by atoms with Crippen molar-refractivity contribution in [3.63, 3.8) is 0 Å². The Morgan fingerprint density at radius 3 is 2.24 bits per heavy atom. The number of benzene rings is 4. The lowest BCUT2D eigenvalue weighted by molar-refractivity contribution is -0.126. The van der Waals surface area contributed by atoms with Crippen molar-refractivity contribution in [3.8, 4) is 11.5 Å². The summed E-state index contributed by atoms with van der Waals surface area (Å²) in [6.07, 6.45) is 10.1. The number of hydrogen-bond donors (Lipinski definition) is 1. The van der Waals surface area contributed by atoms with E-state index < -0.39 is 23.7 Å². The van der Waals surface area contributed by atoms with Gasteiger partial charge < -0.3 is 14.8 Å². The molecule has 1 N–H and O–H groups in total. The Hall–Kier alpha value is -6.26. The second-order valence-corrected chi connectivity index (χ2v) is 13.1. The molecule has 8 nitrogen and oxygen atoms in total. The molecule has 5 rings (SSSR count). The van der Waals surface area contributed by atoms with Gasteiger partial charge in [-0.05, 0) is 67.3 Å². The van der Waals surface area contributed by atoms with Crippen molar-refractivity contribution in [2.45, 2.75) is 32.9 Å². The summed E-state index contributed by atoms with van der Waals surface area (Å²) < 4.78 is 26.5. The minimum Gasteiger partial charge on any atom is -0.490 e. The number of halogens is 1. The van der Waals surface area contributed by atoms with Crippen molar-refractivity contribution in [2.24, 2.45) is 4.99 Å². The van der Waals surface area contributed by atoms with Crippen LogP contribution in [-0.2, 0) is 27.4 Å². The molecule has 0 saturated heterocycles. The van der Waals surface area contributed by atoms with E-state index >= 15 is 0 Å². The maximum atomic E-state index is 14.4. The van der Waals surface area contributed by atoms with Crippen LogP contribution in [0.3, 0.4) is 0 Å². The van der Waals surface area contributed by atoms with E-state index in [0.717, 1.165) is 22.9 Å². The van der Waals surface area contributed by atoms with Crippen molar-refractivity contribution in [3.05, 3.63) is 186 Å². The van der Waals surface area contributed by atoms with Gasteiger partial charge in [0.1, 0.15) is 18.0 Å². The molecule has 0 fully saturated rings. The molecular formula is C45H42FN3O5S. The molecule has 280 valence electrons. The van der Waals surface area contributed by atoms with Gasteiger partial charge in [-0.3, -0.25) is 19.3 Å². The Kier molecular flexibility index (Phi) is 14.3. The number of nitrogens with one attached hydrogen (secondary N) is 1. The van der Waals surface area contributed by atoms with E-state index in [2.05, 4.69) is 23.5 Å². The van der Waals surface area contributed by atoms with E-state index in [0.29, 0.717) is 46.9 Å². The highest BCUT2D eigenvalue weighted by molar-refractivity contribution is 8.14. The molecule has 55 heavy (non-hydrogen) atoms. The number of aliphatic imine (C=N–C) groups is 1. The molecule has 0 unspecified atom stereocenters. The lowest BCUT2D eigenvalue weighted by atomic mass is 9.99. The van der Waals surface area contributed by atoms with E-state index in [4.69, 9.17) is 9.47 Å². The second kappa shape index (κ2) is 19.7. The van der Waals surface area contributed by atoms with Crippen molar-refractivity contribution >= 4 is 40.7 Å². The van der Waals surface area contributed by atoms with Gasteiger partial charge in [0, 0.05) is 16.8 Å². The van der Waals surface area contributed by atoms with Gasteiger partial charge in [0.05, 0.1) is 18.4 Å². The van der Waals surface area contributed by atoms with Crippen LogP contribution in [0.2, 0.25) is 0 Å². The lowest BCUT2D eigenvalue weighted by Gasteiger charge is -2.28. The number of amidine groups is 1. The topological polar surface area (TPSA) is 97.3 Å². The highest BCUT2D eigenvalue weighted by atomic mass is 32.2. The Morgan fingerprint density at radius 2 is 1.62 bits per heavy atom. The third-order valence-corrected chi connectivity index (χ3v) is 9.31. The number of amides is 3. The van der Waals surface area contributed by atoms with Crippen LogP contribution < -0.4 is 14.8 Å². The Bertz CT molecular complexity index is 2120. The average Bonchev–Trinajstić information content (AvgIpc) is 3.20. The van der Waals surface area contributed by atoms with Gasteiger partial charge in [0.25, 0.3) is 11.8 Å². The van der Waals surface area contributed by atoms with Crippen molar-refractivity contribution in [1.29, 1.82) is 0 Å². The molecule has 0 bridgehead atoms. The lowest BCUT2D eigenvalue weighted by Crippen LogP contribution is -2.42. The summed E-state index contributed by atoms with van der Waals surface area (Å²) in [6.45, 7) is 11.4. The molecule has 0 saturated carbocycles. The first-order valence-electron chi connectivity index (χ1n) is 17.7. The molecule has 0 spiro atoms. The van der Waals surface area contributed by atoms with Gasteiger partial charge in [0.15, 0.2) is 16.7 Å². The molecule has 3 amide bonds. The van der Waals surface area contributed by atoms with Gasteiger partial charge in [-0.2, -0.15) is 4.99 Å². The molecule has 4 aromatic rings. The van der Waals surface area contributed by atoms with Gasteiger partial charge in [-0.25, -0.2) is 4.39 Å². The van der Waals surface area contributed by atoms with Crippen molar-refractivity contribution < 1.29 is 28.2 Å². The first kappa shape index (κ1) is 39.9. The van der Waals surface area contributed by atoms with E-state index in [1.807, 2.05) is 67.6 Å². The number of rotatable bonds is 16. The maximum absolute atomic E-state index is 14.4. The summed E-state index contributed by atoms with van der Waals surface area (Å²) in [6, 6.07) is 28.6. The van der Waals surface area contributed by atoms with E-state index in [1.165, 1.54) is 17.0 Å². The fourth-order valence-electron chi connectivity index (χ4n) is 5.83. The van der Waals surface area contributed by atoms with Crippen LogP contribution in [0.5, 0.6) is 11.5 Å². The van der Waals surface area contributed by atoms with Crippen LogP contribution in [0.15, 0.2) is 157 Å². The summed E-state index contributed by atoms with van der Waals surface area (Å²) in [5, 5.41) is 3.15. The monoisotopic (exact) mass is 755 g/mol. The van der Waals surface area contributed by atoms with Crippen LogP contribution in [0.4, 0.5) is 4.39 Å². The zero-order valence-corrected chi connectivity index (χ0v) is 31.6. The van der Waals surface area contributed by atoms with Gasteiger partial charge in [-0.1, -0.05) is 122 Å². The third kappa shape index (κ3) is 10.2. The Balaban J connectivity index is 1.46. The molecule has 1 heterocycles. The molecule has 10 heteroatoms. The van der Waals surface area contributed by atoms with Crippen LogP contribution in [0.25, 0.3) is 6.08 Å². The Labute approximate surface area is 325 Å². The standard InChI is InChI=1S/C45H42FN3O5S/c1-5-9-24-36(7-3)49-44(52)37(27-31-26-34(18-6-2)42(39(28-31)53-8-4)54-29-35-23-16-17-25-38(35)46)43(51)48-45(49)55-30-40(50)47-41(32-19-12-10-13-20-32)33-21-14-11-15-22-33/h5-7,9-17,19-28,41H,1-2,8,18,29-30H2,3-4H3,(H,47,50)/b24-9-,36-7+,37-27+. The number of allylic oxidation sites excluding steroid dienone is 5. The van der Waals surface area contributed by atoms with Gasteiger partial charge in [-0.15, -0.1) is 6.58 Å². The van der Waals surface area contributed by atoms with Crippen LogP contribution in [-0.4, -0.2) is 40.1 Å². The zero-order chi connectivity index (χ0) is 39.2. The number of carbonyl (C=O) groups excluding carboxylic acids is 3. The minimum atomic E-state index is -0.762. The van der Waals surface area contributed by atoms with Gasteiger partial charge in [0.2, 0.25) is 5.91 Å². The molecule has 1 aliphatic heterocycles. The number of thioether (sulfide) groups is 1. The fraction of sp³-hybridized carbons (Fsp3) is 0.156. The molecule has 4 aromatic carbocycles. The quantitative estimate of drug-likeness (QED) is 0.0531. The summed E-state index contributed by atoms with van der Waals surface area (Å²) in [5.41, 5.74) is 3.57. The third-order valence-electron chi connectivity index (χ3n) is 8.37. The molecule has 0 atom stereocenters. The first-order valence-corrected chi connectivity index (χ1v) is 18.7. The van der Waals surface area contributed by atoms with Crippen LogP contribution >= 0.6 is 11.8 Å². The number of hydrogen-bond acceptors (Lipinski definition) is 6. The number of carbonyl (C=O) groups is 3. The summed E-state index contributed by atoms with van der Waals surface area (Å²) >= 11 is 0.984. The van der Waals surface area contributed by atoms with E-state index in [-0.39, 0.29) is 29.0 Å². The van der Waals surface area contributed by atoms with Crippen molar-refractivity contribution in [2.75, 3.05) is 12.4 Å². The molecule has 0 aliphatic carbocycles. The maximum Gasteiger partial charge on any atom is 0.285 e. The largest absolute Gasteiger partial charge is 0.490 e. The van der Waals surface area contributed by atoms with Crippen molar-refractivity contribution in [1.82, 2.24) is 10.2 Å². The second-order valence-electron chi connectivity index (χ2n) is 12.1. The number of nitrogens with zero attached hydrogens (tertiary/aromatic N) is 2. The van der Waals surface area contributed by atoms with Gasteiger partial charge >= 0.3 is 0 Å². The Morgan fingerprint density at radius 1 is 0.945 bits per heavy atom. The minimum absolute atomic E-state index is 0.0417. The predicted octanol–water partition coefficient (Wildman–Crippen LogP) is 8.93. The highest BCUT2D eigenvalue weighted by Crippen LogP contribution is 2.36. The smallest absolute Gasteiger partial charge is 0.285 e. The fourth-order valence-corrected chi connectivity index (χ4v) is 6.63. The summed E-state index contributed by atoms with van der Waals surface area (Å²) in [4.78, 5) is 47.1. The molecular weight excluding hydrogens is 714 g/mol.